The summed E-state index contributed by atoms with van der Waals surface area (Å²) in [5.74, 6) is 0. The predicted octanol–water partition coefficient (Wildman–Crippen LogP) is 2.62. The molecular weight excluding hydrogens is 396 g/mol. The molecule has 1 aromatic rings. The van der Waals surface area contributed by atoms with Crippen molar-refractivity contribution in [2.75, 3.05) is 38.0 Å². The largest absolute Gasteiger partial charge is 0.331 e. The Morgan fingerprint density at radius 2 is 1.70 bits per heavy atom. The number of nitrogens with one attached hydrogen (secondary N) is 2. The van der Waals surface area contributed by atoms with Crippen LogP contribution >= 0.6 is 0 Å². The maximum atomic E-state index is 12.7. The zero-order valence-electron chi connectivity index (χ0n) is 18.0. The van der Waals surface area contributed by atoms with Crippen LogP contribution in [-0.2, 0) is 36.7 Å². The van der Waals surface area contributed by atoms with E-state index < -0.39 is 11.0 Å². The first-order chi connectivity index (χ1) is 14.6. The summed E-state index contributed by atoms with van der Waals surface area (Å²) < 4.78 is 15.5. The van der Waals surface area contributed by atoms with Crippen molar-refractivity contribution in [3.8, 4) is 0 Å². The Labute approximate surface area is 182 Å². The molecule has 2 heterocycles. The second-order valence-electron chi connectivity index (χ2n) is 9.33. The number of likely N-dealkylation sites (tertiary alicyclic amines) is 2. The highest BCUT2D eigenvalue weighted by Crippen LogP contribution is 2.38. The number of carbonyl (C=O) groups excluding carboxylic acids is 1. The third-order valence-electron chi connectivity index (χ3n) is 7.60. The van der Waals surface area contributed by atoms with Gasteiger partial charge in [-0.1, -0.05) is 13.0 Å². The van der Waals surface area contributed by atoms with Gasteiger partial charge in [-0.15, -0.1) is 0 Å². The van der Waals surface area contributed by atoms with Crippen molar-refractivity contribution < 1.29 is 9.00 Å². The van der Waals surface area contributed by atoms with Crippen LogP contribution in [0, 0.1) is 0 Å². The lowest BCUT2D eigenvalue weighted by molar-refractivity contribution is 0.0686. The standard InChI is InChI=1S/C23H34N4O2S/c1-2-26-11-9-18(10-12-26)27-14-19(15-27)30(29)25-23(28)24-22-20-7-3-5-16(20)13-17-6-4-8-21(17)22/h13,18-19H,2-12,14-15H2,1H3,(H2,24,25,28). The Balaban J connectivity index is 1.15. The van der Waals surface area contributed by atoms with Gasteiger partial charge in [0.2, 0.25) is 0 Å². The van der Waals surface area contributed by atoms with E-state index in [1.165, 1.54) is 35.1 Å². The van der Waals surface area contributed by atoms with Crippen LogP contribution in [0.5, 0.6) is 0 Å². The molecule has 2 amide bonds. The van der Waals surface area contributed by atoms with Crippen molar-refractivity contribution in [2.24, 2.45) is 0 Å². The second kappa shape index (κ2) is 8.60. The molecule has 5 rings (SSSR count). The number of aryl methyl sites for hydroxylation is 2. The molecule has 4 aliphatic rings. The molecule has 6 nitrogen and oxygen atoms in total. The van der Waals surface area contributed by atoms with Crippen molar-refractivity contribution in [3.63, 3.8) is 0 Å². The highest BCUT2D eigenvalue weighted by molar-refractivity contribution is 7.84. The number of fused-ring (bicyclic) bond motifs is 2. The molecule has 2 aliphatic heterocycles. The summed E-state index contributed by atoms with van der Waals surface area (Å²) in [6.07, 6.45) is 9.02. The summed E-state index contributed by atoms with van der Waals surface area (Å²) in [5, 5.41) is 3.15. The molecule has 1 atom stereocenters. The number of rotatable bonds is 5. The smallest absolute Gasteiger partial charge is 0.307 e. The highest BCUT2D eigenvalue weighted by Gasteiger charge is 2.37. The van der Waals surface area contributed by atoms with Crippen LogP contribution in [0.2, 0.25) is 0 Å². The van der Waals surface area contributed by atoms with Crippen LogP contribution in [0.1, 0.15) is 54.9 Å². The topological polar surface area (TPSA) is 64.7 Å². The van der Waals surface area contributed by atoms with Gasteiger partial charge in [-0.2, -0.15) is 0 Å². The second-order valence-corrected chi connectivity index (χ2v) is 10.8. The van der Waals surface area contributed by atoms with Gasteiger partial charge in [0.05, 0.1) is 5.25 Å². The Kier molecular flexibility index (Phi) is 5.86. The van der Waals surface area contributed by atoms with Gasteiger partial charge in [0.15, 0.2) is 0 Å². The number of urea groups is 1. The van der Waals surface area contributed by atoms with Crippen LogP contribution in [0.3, 0.4) is 0 Å². The van der Waals surface area contributed by atoms with Crippen LogP contribution in [0.15, 0.2) is 6.07 Å². The third kappa shape index (κ3) is 3.92. The molecule has 0 radical (unpaired) electrons. The van der Waals surface area contributed by atoms with Crippen molar-refractivity contribution >= 4 is 22.7 Å². The van der Waals surface area contributed by atoms with Crippen molar-refractivity contribution in [3.05, 3.63) is 28.3 Å². The van der Waals surface area contributed by atoms with Gasteiger partial charge in [-0.3, -0.25) is 9.62 Å². The van der Waals surface area contributed by atoms with Crippen molar-refractivity contribution in [2.45, 2.75) is 69.6 Å². The summed E-state index contributed by atoms with van der Waals surface area (Å²) >= 11 is 0. The highest BCUT2D eigenvalue weighted by atomic mass is 32.2. The quantitative estimate of drug-likeness (QED) is 0.754. The summed E-state index contributed by atoms with van der Waals surface area (Å²) in [6.45, 7) is 7.35. The number of piperidine rings is 1. The molecule has 2 N–H and O–H groups in total. The molecular formula is C23H34N4O2S. The van der Waals surface area contributed by atoms with E-state index in [4.69, 9.17) is 0 Å². The molecule has 2 aliphatic carbocycles. The molecule has 1 unspecified atom stereocenters. The molecule has 0 spiro atoms. The van der Waals surface area contributed by atoms with E-state index in [9.17, 15) is 9.00 Å². The SMILES string of the molecule is CCN1CCC(N2CC(S(=O)NC(=O)Nc3c4c(cc5c3CCC5)CCC4)C2)CC1. The lowest BCUT2D eigenvalue weighted by atomic mass is 9.99. The minimum absolute atomic E-state index is 0.0483. The predicted molar refractivity (Wildman–Crippen MR) is 121 cm³/mol. The number of nitrogens with zero attached hydrogens (tertiary/aromatic N) is 2. The third-order valence-corrected chi connectivity index (χ3v) is 8.89. The lowest BCUT2D eigenvalue weighted by Gasteiger charge is -2.46. The average molecular weight is 431 g/mol. The number of hydrogen-bond acceptors (Lipinski definition) is 4. The van der Waals surface area contributed by atoms with E-state index in [0.717, 1.165) is 76.9 Å². The van der Waals surface area contributed by atoms with E-state index in [0.29, 0.717) is 6.04 Å². The molecule has 30 heavy (non-hydrogen) atoms. The maximum Gasteiger partial charge on any atom is 0.331 e. The van der Waals surface area contributed by atoms with Gasteiger partial charge >= 0.3 is 6.03 Å². The Morgan fingerprint density at radius 1 is 1.07 bits per heavy atom. The van der Waals surface area contributed by atoms with Crippen LogP contribution in [-0.4, -0.2) is 64.1 Å². The zero-order valence-corrected chi connectivity index (χ0v) is 18.9. The Morgan fingerprint density at radius 3 is 2.30 bits per heavy atom. The molecule has 0 aromatic heterocycles. The van der Waals surface area contributed by atoms with E-state index in [2.05, 4.69) is 32.8 Å². The molecule has 164 valence electrons. The van der Waals surface area contributed by atoms with Crippen LogP contribution in [0.25, 0.3) is 0 Å². The fourth-order valence-corrected chi connectivity index (χ4v) is 6.84. The van der Waals surface area contributed by atoms with Gasteiger partial charge in [0, 0.05) is 24.8 Å². The summed E-state index contributed by atoms with van der Waals surface area (Å²) in [5.41, 5.74) is 6.44. The summed E-state index contributed by atoms with van der Waals surface area (Å²) in [4.78, 5) is 17.6. The van der Waals surface area contributed by atoms with Gasteiger partial charge in [0.25, 0.3) is 0 Å². The van der Waals surface area contributed by atoms with E-state index in [1.54, 1.807) is 0 Å². The number of hydrogen-bond donors (Lipinski definition) is 2. The van der Waals surface area contributed by atoms with E-state index in [1.807, 2.05) is 0 Å². The minimum atomic E-state index is -1.33. The zero-order chi connectivity index (χ0) is 20.7. The first kappa shape index (κ1) is 20.5. The molecule has 2 saturated heterocycles. The Hall–Kier alpha value is -1.44. The Bertz CT molecular complexity index is 812. The lowest BCUT2D eigenvalue weighted by Crippen LogP contribution is -2.61. The minimum Gasteiger partial charge on any atom is -0.307 e. The van der Waals surface area contributed by atoms with E-state index in [-0.39, 0.29) is 11.3 Å². The van der Waals surface area contributed by atoms with Crippen molar-refractivity contribution in [1.29, 1.82) is 0 Å². The van der Waals surface area contributed by atoms with E-state index >= 15 is 0 Å². The van der Waals surface area contributed by atoms with Crippen LogP contribution in [0.4, 0.5) is 10.5 Å². The first-order valence-electron chi connectivity index (χ1n) is 11.7. The first-order valence-corrected chi connectivity index (χ1v) is 12.9. The normalized spacial score (nSPS) is 23.6. The average Bonchev–Trinajstić information content (AvgIpc) is 3.36. The molecule has 0 bridgehead atoms. The molecule has 1 aromatic carbocycles. The van der Waals surface area contributed by atoms with Gasteiger partial charge < -0.3 is 10.2 Å². The molecule has 0 saturated carbocycles. The fraction of sp³-hybridized carbons (Fsp3) is 0.696. The van der Waals surface area contributed by atoms with Crippen molar-refractivity contribution in [1.82, 2.24) is 14.5 Å². The molecule has 7 heteroatoms. The molecule has 2 fully saturated rings. The maximum absolute atomic E-state index is 12.7. The fourth-order valence-electron chi connectivity index (χ4n) is 5.78. The monoisotopic (exact) mass is 430 g/mol. The number of carbonyl (C=O) groups is 1. The number of amides is 2. The number of anilines is 1. The van der Waals surface area contributed by atoms with Gasteiger partial charge in [0.1, 0.15) is 11.0 Å². The van der Waals surface area contributed by atoms with Crippen LogP contribution < -0.4 is 10.0 Å². The summed E-state index contributed by atoms with van der Waals surface area (Å²) in [6, 6.07) is 2.67. The van der Waals surface area contributed by atoms with Gasteiger partial charge in [-0.25, -0.2) is 9.00 Å². The number of benzene rings is 1. The van der Waals surface area contributed by atoms with Gasteiger partial charge in [-0.05, 0) is 93.3 Å². The summed E-state index contributed by atoms with van der Waals surface area (Å²) in [7, 11) is -1.33.